The smallest absolute Gasteiger partial charge is 0.249 e. The van der Waals surface area contributed by atoms with Crippen LogP contribution in [0.15, 0.2) is 0 Å². The Kier molecular flexibility index (Phi) is 4.73. The molecule has 7 heteroatoms. The van der Waals surface area contributed by atoms with E-state index in [4.69, 9.17) is 4.74 Å². The summed E-state index contributed by atoms with van der Waals surface area (Å²) in [6, 6.07) is 0. The average molecular weight is 269 g/mol. The van der Waals surface area contributed by atoms with Crippen LogP contribution in [-0.2, 0) is 19.1 Å². The fourth-order valence-corrected chi connectivity index (χ4v) is 2.25. The normalized spacial score (nSPS) is 23.3. The molecule has 0 radical (unpaired) electrons. The molecule has 2 saturated heterocycles. The average Bonchev–Trinajstić information content (AvgIpc) is 2.98. The second-order valence-corrected chi connectivity index (χ2v) is 4.74. The van der Waals surface area contributed by atoms with Gasteiger partial charge in [-0.1, -0.05) is 0 Å². The molecule has 0 saturated carbocycles. The molecule has 1 N–H and O–H groups in total. The van der Waals surface area contributed by atoms with Crippen LogP contribution >= 0.6 is 0 Å². The monoisotopic (exact) mass is 269 g/mol. The maximum absolute atomic E-state index is 11.9. The van der Waals surface area contributed by atoms with Crippen molar-refractivity contribution in [1.82, 2.24) is 15.1 Å². The number of amides is 3. The summed E-state index contributed by atoms with van der Waals surface area (Å²) >= 11 is 0. The second-order valence-electron chi connectivity index (χ2n) is 4.74. The van der Waals surface area contributed by atoms with Crippen molar-refractivity contribution in [3.8, 4) is 0 Å². The third-order valence-corrected chi connectivity index (χ3v) is 3.45. The lowest BCUT2D eigenvalue weighted by Gasteiger charge is -2.32. The molecule has 106 valence electrons. The second kappa shape index (κ2) is 6.51. The standard InChI is InChI=1S/C12H19N3O4/c16-9-14-3-5-15(6-4-14)11(17)8-13-12(18)10-2-1-7-19-10/h9-10H,1-8H2,(H,13,18). The molecule has 2 heterocycles. The molecule has 1 atom stereocenters. The molecule has 2 fully saturated rings. The first-order chi connectivity index (χ1) is 9.20. The summed E-state index contributed by atoms with van der Waals surface area (Å²) in [5, 5.41) is 2.61. The molecular formula is C12H19N3O4. The summed E-state index contributed by atoms with van der Waals surface area (Å²) in [5.41, 5.74) is 0. The van der Waals surface area contributed by atoms with Crippen molar-refractivity contribution in [2.24, 2.45) is 0 Å². The minimum Gasteiger partial charge on any atom is -0.368 e. The van der Waals surface area contributed by atoms with Crippen molar-refractivity contribution in [3.63, 3.8) is 0 Å². The van der Waals surface area contributed by atoms with E-state index in [0.717, 1.165) is 19.3 Å². The van der Waals surface area contributed by atoms with Gasteiger partial charge in [-0.15, -0.1) is 0 Å². The van der Waals surface area contributed by atoms with Crippen molar-refractivity contribution in [2.45, 2.75) is 18.9 Å². The molecule has 0 bridgehead atoms. The predicted octanol–water partition coefficient (Wildman–Crippen LogP) is -1.42. The van der Waals surface area contributed by atoms with Gasteiger partial charge in [0.05, 0.1) is 6.54 Å². The Morgan fingerprint density at radius 2 is 2.00 bits per heavy atom. The molecule has 0 aromatic rings. The number of nitrogens with zero attached hydrogens (tertiary/aromatic N) is 2. The Morgan fingerprint density at radius 1 is 1.26 bits per heavy atom. The van der Waals surface area contributed by atoms with Crippen LogP contribution < -0.4 is 5.32 Å². The SMILES string of the molecule is O=CN1CCN(C(=O)CNC(=O)C2CCCO2)CC1. The molecule has 0 aromatic carbocycles. The number of hydrogen-bond donors (Lipinski definition) is 1. The minimum atomic E-state index is -0.403. The first kappa shape index (κ1) is 13.8. The summed E-state index contributed by atoms with van der Waals surface area (Å²) in [7, 11) is 0. The zero-order chi connectivity index (χ0) is 13.7. The largest absolute Gasteiger partial charge is 0.368 e. The third-order valence-electron chi connectivity index (χ3n) is 3.45. The number of ether oxygens (including phenoxy) is 1. The van der Waals surface area contributed by atoms with E-state index in [1.54, 1.807) is 9.80 Å². The molecule has 2 aliphatic rings. The van der Waals surface area contributed by atoms with Crippen molar-refractivity contribution >= 4 is 18.2 Å². The highest BCUT2D eigenvalue weighted by Gasteiger charge is 2.25. The van der Waals surface area contributed by atoms with Gasteiger partial charge < -0.3 is 19.9 Å². The highest BCUT2D eigenvalue weighted by molar-refractivity contribution is 5.87. The fourth-order valence-electron chi connectivity index (χ4n) is 2.25. The maximum atomic E-state index is 11.9. The zero-order valence-corrected chi connectivity index (χ0v) is 10.8. The number of piperazine rings is 1. The molecule has 0 spiro atoms. The van der Waals surface area contributed by atoms with E-state index in [0.29, 0.717) is 32.8 Å². The molecule has 0 aromatic heterocycles. The lowest BCUT2D eigenvalue weighted by atomic mass is 10.2. The minimum absolute atomic E-state index is 0.000216. The van der Waals surface area contributed by atoms with Gasteiger partial charge in [-0.2, -0.15) is 0 Å². The summed E-state index contributed by atoms with van der Waals surface area (Å²) < 4.78 is 5.24. The van der Waals surface area contributed by atoms with Crippen LogP contribution in [0.3, 0.4) is 0 Å². The summed E-state index contributed by atoms with van der Waals surface area (Å²) in [6.07, 6.45) is 2.00. The van der Waals surface area contributed by atoms with Crippen LogP contribution in [0.2, 0.25) is 0 Å². The summed E-state index contributed by atoms with van der Waals surface area (Å²) in [5.74, 6) is -0.325. The summed E-state index contributed by atoms with van der Waals surface area (Å²) in [4.78, 5) is 37.4. The topological polar surface area (TPSA) is 79.0 Å². The first-order valence-electron chi connectivity index (χ1n) is 6.57. The van der Waals surface area contributed by atoms with Gasteiger partial charge in [-0.05, 0) is 12.8 Å². The first-order valence-corrected chi connectivity index (χ1v) is 6.57. The van der Waals surface area contributed by atoms with E-state index in [1.165, 1.54) is 0 Å². The molecule has 7 nitrogen and oxygen atoms in total. The number of nitrogens with one attached hydrogen (secondary N) is 1. The highest BCUT2D eigenvalue weighted by atomic mass is 16.5. The van der Waals surface area contributed by atoms with Gasteiger partial charge in [0.25, 0.3) is 0 Å². The van der Waals surface area contributed by atoms with Gasteiger partial charge in [-0.3, -0.25) is 14.4 Å². The molecule has 19 heavy (non-hydrogen) atoms. The Bertz CT molecular complexity index is 347. The predicted molar refractivity (Wildman–Crippen MR) is 66.2 cm³/mol. The Morgan fingerprint density at radius 3 is 2.58 bits per heavy atom. The van der Waals surface area contributed by atoms with Crippen LogP contribution in [0.5, 0.6) is 0 Å². The zero-order valence-electron chi connectivity index (χ0n) is 10.8. The van der Waals surface area contributed by atoms with Gasteiger partial charge in [0, 0.05) is 32.8 Å². The fraction of sp³-hybridized carbons (Fsp3) is 0.750. The van der Waals surface area contributed by atoms with Crippen molar-refractivity contribution in [2.75, 3.05) is 39.3 Å². The van der Waals surface area contributed by atoms with Gasteiger partial charge >= 0.3 is 0 Å². The molecule has 1 unspecified atom stereocenters. The van der Waals surface area contributed by atoms with Gasteiger partial charge in [0.2, 0.25) is 18.2 Å². The Balaban J connectivity index is 1.69. The van der Waals surface area contributed by atoms with E-state index in [9.17, 15) is 14.4 Å². The van der Waals surface area contributed by atoms with Crippen molar-refractivity contribution < 1.29 is 19.1 Å². The van der Waals surface area contributed by atoms with Crippen molar-refractivity contribution in [3.05, 3.63) is 0 Å². The lowest BCUT2D eigenvalue weighted by Crippen LogP contribution is -2.51. The van der Waals surface area contributed by atoms with Gasteiger partial charge in [0.15, 0.2) is 0 Å². The molecule has 3 amide bonds. The lowest BCUT2D eigenvalue weighted by molar-refractivity contribution is -0.137. The van der Waals surface area contributed by atoms with Crippen LogP contribution in [0.1, 0.15) is 12.8 Å². The van der Waals surface area contributed by atoms with E-state index >= 15 is 0 Å². The van der Waals surface area contributed by atoms with Crippen LogP contribution in [0, 0.1) is 0 Å². The number of rotatable bonds is 4. The van der Waals surface area contributed by atoms with E-state index < -0.39 is 6.10 Å². The molecule has 2 rings (SSSR count). The number of carbonyl (C=O) groups excluding carboxylic acids is 3. The third kappa shape index (κ3) is 3.66. The number of carbonyl (C=O) groups is 3. The molecular weight excluding hydrogens is 250 g/mol. The van der Waals surface area contributed by atoms with Gasteiger partial charge in [0.1, 0.15) is 6.10 Å². The van der Waals surface area contributed by atoms with E-state index in [1.807, 2.05) is 0 Å². The van der Waals surface area contributed by atoms with Crippen LogP contribution in [-0.4, -0.2) is 73.5 Å². The highest BCUT2D eigenvalue weighted by Crippen LogP contribution is 2.11. The van der Waals surface area contributed by atoms with E-state index in [2.05, 4.69) is 5.32 Å². The Labute approximate surface area is 111 Å². The molecule has 2 aliphatic heterocycles. The Hall–Kier alpha value is -1.63. The summed E-state index contributed by atoms with van der Waals surface area (Å²) in [6.45, 7) is 2.75. The van der Waals surface area contributed by atoms with Gasteiger partial charge in [-0.25, -0.2) is 0 Å². The number of hydrogen-bond acceptors (Lipinski definition) is 4. The van der Waals surface area contributed by atoms with Crippen LogP contribution in [0.4, 0.5) is 0 Å². The maximum Gasteiger partial charge on any atom is 0.249 e. The van der Waals surface area contributed by atoms with Crippen molar-refractivity contribution in [1.29, 1.82) is 0 Å². The van der Waals surface area contributed by atoms with Crippen LogP contribution in [0.25, 0.3) is 0 Å². The van der Waals surface area contributed by atoms with E-state index in [-0.39, 0.29) is 18.4 Å². The molecule has 0 aliphatic carbocycles. The quantitative estimate of drug-likeness (QED) is 0.635.